The summed E-state index contributed by atoms with van der Waals surface area (Å²) in [5.41, 5.74) is 2.87. The third kappa shape index (κ3) is 6.92. The summed E-state index contributed by atoms with van der Waals surface area (Å²) in [4.78, 5) is 28.2. The van der Waals surface area contributed by atoms with Gasteiger partial charge in [-0.05, 0) is 56.9 Å². The number of carbonyl (C=O) groups excluding carboxylic acids is 2. The van der Waals surface area contributed by atoms with Crippen molar-refractivity contribution < 1.29 is 18.0 Å². The van der Waals surface area contributed by atoms with Crippen LogP contribution in [-0.2, 0) is 26.2 Å². The molecule has 0 spiro atoms. The van der Waals surface area contributed by atoms with Crippen molar-refractivity contribution in [2.24, 2.45) is 0 Å². The van der Waals surface area contributed by atoms with Gasteiger partial charge in [0.2, 0.25) is 21.8 Å². The predicted molar refractivity (Wildman–Crippen MR) is 137 cm³/mol. The van der Waals surface area contributed by atoms with Crippen LogP contribution in [0, 0.1) is 13.8 Å². The summed E-state index contributed by atoms with van der Waals surface area (Å²) in [6.45, 7) is 5.42. The Kier molecular flexibility index (Phi) is 9.08. The van der Waals surface area contributed by atoms with Gasteiger partial charge in [0.1, 0.15) is 6.04 Å². The second kappa shape index (κ2) is 11.8. The Balaban J connectivity index is 1.80. The monoisotopic (exact) mass is 499 g/mol. The van der Waals surface area contributed by atoms with Crippen molar-refractivity contribution in [3.05, 3.63) is 65.2 Å². The smallest absolute Gasteiger partial charge is 0.243 e. The van der Waals surface area contributed by atoms with Crippen LogP contribution >= 0.6 is 0 Å². The summed E-state index contributed by atoms with van der Waals surface area (Å²) in [5, 5.41) is 3.10. The van der Waals surface area contributed by atoms with E-state index in [0.29, 0.717) is 0 Å². The Morgan fingerprint density at radius 1 is 1.00 bits per heavy atom. The molecule has 3 rings (SSSR count). The van der Waals surface area contributed by atoms with Gasteiger partial charge >= 0.3 is 0 Å². The molecule has 2 aromatic rings. The van der Waals surface area contributed by atoms with Crippen LogP contribution in [0.2, 0.25) is 0 Å². The van der Waals surface area contributed by atoms with E-state index in [1.807, 2.05) is 38.1 Å². The van der Waals surface area contributed by atoms with E-state index in [4.69, 9.17) is 0 Å². The van der Waals surface area contributed by atoms with Gasteiger partial charge in [0.05, 0.1) is 11.4 Å². The van der Waals surface area contributed by atoms with Crippen molar-refractivity contribution in [2.45, 2.75) is 76.4 Å². The molecule has 1 fully saturated rings. The molecule has 1 saturated carbocycles. The first-order chi connectivity index (χ1) is 16.6. The van der Waals surface area contributed by atoms with Crippen LogP contribution in [0.15, 0.2) is 53.4 Å². The predicted octanol–water partition coefficient (Wildman–Crippen LogP) is 3.79. The third-order valence-corrected chi connectivity index (χ3v) is 8.63. The zero-order valence-electron chi connectivity index (χ0n) is 21.2. The highest BCUT2D eigenvalue weighted by molar-refractivity contribution is 7.89. The van der Waals surface area contributed by atoms with E-state index in [9.17, 15) is 18.0 Å². The molecule has 8 heteroatoms. The molecule has 2 aromatic carbocycles. The van der Waals surface area contributed by atoms with Gasteiger partial charge in [-0.2, -0.15) is 4.31 Å². The van der Waals surface area contributed by atoms with Crippen molar-refractivity contribution in [3.8, 4) is 0 Å². The van der Waals surface area contributed by atoms with E-state index >= 15 is 0 Å². The van der Waals surface area contributed by atoms with E-state index in [1.165, 1.54) is 30.5 Å². The lowest BCUT2D eigenvalue weighted by atomic mass is 9.95. The maximum Gasteiger partial charge on any atom is 0.243 e. The molecule has 190 valence electrons. The van der Waals surface area contributed by atoms with Crippen molar-refractivity contribution in [2.75, 3.05) is 13.6 Å². The molecule has 1 N–H and O–H groups in total. The first kappa shape index (κ1) is 26.9. The number of amides is 2. The Hall–Kier alpha value is -2.71. The minimum absolute atomic E-state index is 0.124. The van der Waals surface area contributed by atoms with E-state index < -0.39 is 22.0 Å². The molecule has 0 aliphatic heterocycles. The molecule has 35 heavy (non-hydrogen) atoms. The molecule has 1 aliphatic carbocycles. The fourth-order valence-corrected chi connectivity index (χ4v) is 5.50. The number of rotatable bonds is 9. The van der Waals surface area contributed by atoms with Crippen LogP contribution in [0.5, 0.6) is 0 Å². The summed E-state index contributed by atoms with van der Waals surface area (Å²) >= 11 is 0. The molecular weight excluding hydrogens is 462 g/mol. The van der Waals surface area contributed by atoms with Crippen LogP contribution < -0.4 is 5.32 Å². The molecule has 1 unspecified atom stereocenters. The highest BCUT2D eigenvalue weighted by atomic mass is 32.2. The average molecular weight is 500 g/mol. The van der Waals surface area contributed by atoms with Crippen molar-refractivity contribution in [3.63, 3.8) is 0 Å². The Labute approximate surface area is 209 Å². The number of hydrogen-bond acceptors (Lipinski definition) is 4. The van der Waals surface area contributed by atoms with Gasteiger partial charge in [0, 0.05) is 19.6 Å². The van der Waals surface area contributed by atoms with E-state index in [1.54, 1.807) is 19.1 Å². The number of aryl methyl sites for hydroxylation is 2. The summed E-state index contributed by atoms with van der Waals surface area (Å²) in [5.74, 6) is -0.624. The van der Waals surface area contributed by atoms with Gasteiger partial charge in [0.15, 0.2) is 0 Å². The van der Waals surface area contributed by atoms with Crippen molar-refractivity contribution >= 4 is 21.8 Å². The zero-order chi connectivity index (χ0) is 25.6. The Morgan fingerprint density at radius 3 is 2.26 bits per heavy atom. The molecule has 2 amide bonds. The summed E-state index contributed by atoms with van der Waals surface area (Å²) in [6, 6.07) is 13.6. The minimum Gasteiger partial charge on any atom is -0.352 e. The van der Waals surface area contributed by atoms with Crippen LogP contribution in [0.4, 0.5) is 0 Å². The zero-order valence-corrected chi connectivity index (χ0v) is 22.0. The number of hydrogen-bond donors (Lipinski definition) is 1. The third-order valence-electron chi connectivity index (χ3n) is 6.81. The molecule has 7 nitrogen and oxygen atoms in total. The van der Waals surface area contributed by atoms with Gasteiger partial charge in [-0.3, -0.25) is 9.59 Å². The Morgan fingerprint density at radius 2 is 1.63 bits per heavy atom. The van der Waals surface area contributed by atoms with E-state index in [2.05, 4.69) is 5.32 Å². The number of likely N-dealkylation sites (N-methyl/N-ethyl adjacent to an activating group) is 1. The first-order valence-corrected chi connectivity index (χ1v) is 13.7. The number of nitrogens with zero attached hydrogens (tertiary/aromatic N) is 2. The minimum atomic E-state index is -3.85. The second-order valence-corrected chi connectivity index (χ2v) is 11.6. The number of sulfonamides is 1. The first-order valence-electron chi connectivity index (χ1n) is 12.3. The lowest BCUT2D eigenvalue weighted by molar-refractivity contribution is -0.141. The molecular formula is C27H37N3O4S. The highest BCUT2D eigenvalue weighted by Crippen LogP contribution is 2.20. The van der Waals surface area contributed by atoms with Gasteiger partial charge in [-0.25, -0.2) is 8.42 Å². The standard InChI is InChI=1S/C27H37N3O4S/c1-20-14-16-25(17-15-20)35(33,34)29(4)19-26(31)30(18-23-11-9-8-10-21(23)2)22(3)27(32)28-24-12-6-5-7-13-24/h8-11,14-17,22,24H,5-7,12-13,18-19H2,1-4H3,(H,28,32). The summed E-state index contributed by atoms with van der Waals surface area (Å²) in [7, 11) is -2.45. The summed E-state index contributed by atoms with van der Waals surface area (Å²) < 4.78 is 27.2. The largest absolute Gasteiger partial charge is 0.352 e. The van der Waals surface area contributed by atoms with Gasteiger partial charge in [-0.15, -0.1) is 0 Å². The lowest BCUT2D eigenvalue weighted by Gasteiger charge is -2.32. The van der Waals surface area contributed by atoms with E-state index in [0.717, 1.165) is 46.7 Å². The molecule has 0 radical (unpaired) electrons. The number of benzene rings is 2. The molecule has 1 atom stereocenters. The second-order valence-electron chi connectivity index (χ2n) is 9.54. The van der Waals surface area contributed by atoms with Gasteiger partial charge in [-0.1, -0.05) is 61.2 Å². The molecule has 0 aromatic heterocycles. The maximum absolute atomic E-state index is 13.5. The topological polar surface area (TPSA) is 86.8 Å². The molecule has 0 bridgehead atoms. The number of carbonyl (C=O) groups is 2. The van der Waals surface area contributed by atoms with Gasteiger partial charge in [0.25, 0.3) is 0 Å². The van der Waals surface area contributed by atoms with Crippen molar-refractivity contribution in [1.29, 1.82) is 0 Å². The fourth-order valence-electron chi connectivity index (χ4n) is 4.38. The van der Waals surface area contributed by atoms with Crippen LogP contribution in [0.25, 0.3) is 0 Å². The van der Waals surface area contributed by atoms with Crippen LogP contribution in [0.1, 0.15) is 55.7 Å². The fraction of sp³-hybridized carbons (Fsp3) is 0.481. The van der Waals surface area contributed by atoms with Gasteiger partial charge < -0.3 is 10.2 Å². The summed E-state index contributed by atoms with van der Waals surface area (Å²) in [6.07, 6.45) is 5.25. The van der Waals surface area contributed by atoms with Crippen LogP contribution in [-0.4, -0.2) is 55.1 Å². The average Bonchev–Trinajstić information content (AvgIpc) is 2.84. The molecule has 0 heterocycles. The molecule has 0 saturated heterocycles. The van der Waals surface area contributed by atoms with E-state index in [-0.39, 0.29) is 29.9 Å². The highest BCUT2D eigenvalue weighted by Gasteiger charge is 2.31. The quantitative estimate of drug-likeness (QED) is 0.569. The molecule has 1 aliphatic rings. The Bertz CT molecular complexity index is 1130. The lowest BCUT2D eigenvalue weighted by Crippen LogP contribution is -2.52. The van der Waals surface area contributed by atoms with Crippen molar-refractivity contribution in [1.82, 2.24) is 14.5 Å². The van der Waals surface area contributed by atoms with Crippen LogP contribution in [0.3, 0.4) is 0 Å². The maximum atomic E-state index is 13.5. The normalized spacial score (nSPS) is 15.6. The number of nitrogens with one attached hydrogen (secondary N) is 1. The SMILES string of the molecule is Cc1ccc(S(=O)(=O)N(C)CC(=O)N(Cc2ccccc2C)C(C)C(=O)NC2CCCCC2)cc1.